The van der Waals surface area contributed by atoms with E-state index in [2.05, 4.69) is 30.9 Å². The maximum Gasteiger partial charge on any atom is 0.138 e. The van der Waals surface area contributed by atoms with Gasteiger partial charge in [-0.25, -0.2) is 4.68 Å². The molecule has 0 saturated carbocycles. The lowest BCUT2D eigenvalue weighted by Gasteiger charge is -2.29. The molecule has 21 heavy (non-hydrogen) atoms. The summed E-state index contributed by atoms with van der Waals surface area (Å²) in [5, 5.41) is 14.4. The summed E-state index contributed by atoms with van der Waals surface area (Å²) >= 11 is 0. The molecule has 2 rings (SSSR count). The van der Waals surface area contributed by atoms with Crippen molar-refractivity contribution in [2.45, 2.75) is 46.3 Å². The monoisotopic (exact) mass is 287 g/mol. The Morgan fingerprint density at radius 2 is 1.81 bits per heavy atom. The smallest absolute Gasteiger partial charge is 0.138 e. The Balaban J connectivity index is 2.57. The third-order valence-electron chi connectivity index (χ3n) is 4.14. The zero-order valence-electron chi connectivity index (χ0n) is 13.4. The van der Waals surface area contributed by atoms with E-state index in [1.54, 1.807) is 0 Å². The van der Waals surface area contributed by atoms with E-state index in [1.165, 1.54) is 0 Å². The first-order valence-electron chi connectivity index (χ1n) is 7.61. The van der Waals surface area contributed by atoms with Gasteiger partial charge in [-0.3, -0.25) is 0 Å². The zero-order chi connectivity index (χ0) is 15.4. The van der Waals surface area contributed by atoms with Crippen molar-refractivity contribution < 1.29 is 5.11 Å². The second-order valence-electron chi connectivity index (χ2n) is 5.37. The minimum absolute atomic E-state index is 0.0124. The normalized spacial score (nSPS) is 11.1. The highest BCUT2D eigenvalue weighted by Gasteiger charge is 2.22. The molecule has 0 saturated heterocycles. The number of nitrogens with zero attached hydrogens (tertiary/aromatic N) is 3. The number of aryl methyl sites for hydroxylation is 1. The second-order valence-corrected chi connectivity index (χ2v) is 5.37. The van der Waals surface area contributed by atoms with Gasteiger partial charge >= 0.3 is 0 Å². The molecular weight excluding hydrogens is 262 g/mol. The minimum atomic E-state index is 0.0124. The third kappa shape index (κ3) is 2.95. The van der Waals surface area contributed by atoms with Crippen LogP contribution in [0.25, 0.3) is 5.69 Å². The van der Waals surface area contributed by atoms with Crippen LogP contribution in [0.3, 0.4) is 0 Å². The fraction of sp³-hybridized carbons (Fsp3) is 0.471. The summed E-state index contributed by atoms with van der Waals surface area (Å²) in [7, 11) is 2.09. The quantitative estimate of drug-likeness (QED) is 0.886. The largest absolute Gasteiger partial charge is 0.391 e. The number of aliphatic hydroxyl groups excluding tert-OH is 1. The molecule has 1 aromatic carbocycles. The van der Waals surface area contributed by atoms with E-state index in [4.69, 9.17) is 0 Å². The van der Waals surface area contributed by atoms with Crippen LogP contribution in [0.1, 0.15) is 37.9 Å². The van der Waals surface area contributed by atoms with Gasteiger partial charge in [-0.1, -0.05) is 32.0 Å². The Kier molecular flexibility index (Phi) is 5.02. The van der Waals surface area contributed by atoms with E-state index in [-0.39, 0.29) is 6.61 Å². The maximum absolute atomic E-state index is 9.76. The summed E-state index contributed by atoms with van der Waals surface area (Å²) in [5.41, 5.74) is 2.82. The lowest BCUT2D eigenvalue weighted by Crippen LogP contribution is -2.32. The topological polar surface area (TPSA) is 41.3 Å². The fourth-order valence-electron chi connectivity index (χ4n) is 2.85. The molecule has 0 amide bonds. The van der Waals surface area contributed by atoms with Gasteiger partial charge in [0.1, 0.15) is 5.82 Å². The van der Waals surface area contributed by atoms with Crippen molar-refractivity contribution in [2.75, 3.05) is 11.9 Å². The number of benzene rings is 1. The van der Waals surface area contributed by atoms with Crippen molar-refractivity contribution >= 4 is 5.82 Å². The molecule has 0 fully saturated rings. The van der Waals surface area contributed by atoms with E-state index in [0.717, 1.165) is 35.6 Å². The van der Waals surface area contributed by atoms with Gasteiger partial charge in [0, 0.05) is 18.7 Å². The van der Waals surface area contributed by atoms with E-state index in [1.807, 2.05) is 41.9 Å². The standard InChI is InChI=1S/C17H25N3O/c1-5-14(6-2)19(4)17-16(12-21)13(3)18-20(17)15-10-8-7-9-11-15/h7-11,14,21H,5-6,12H2,1-4H3. The van der Waals surface area contributed by atoms with Crippen LogP contribution >= 0.6 is 0 Å². The highest BCUT2D eigenvalue weighted by Crippen LogP contribution is 2.29. The number of hydrogen-bond donors (Lipinski definition) is 1. The van der Waals surface area contributed by atoms with Crippen LogP contribution in [0.5, 0.6) is 0 Å². The summed E-state index contributed by atoms with van der Waals surface area (Å²) in [5.74, 6) is 0.995. The third-order valence-corrected chi connectivity index (χ3v) is 4.14. The van der Waals surface area contributed by atoms with E-state index in [9.17, 15) is 5.11 Å². The Morgan fingerprint density at radius 1 is 1.19 bits per heavy atom. The average Bonchev–Trinajstić information content (AvgIpc) is 2.85. The van der Waals surface area contributed by atoms with Crippen molar-refractivity contribution in [3.8, 4) is 5.69 Å². The van der Waals surface area contributed by atoms with Crippen LogP contribution in [0.15, 0.2) is 30.3 Å². The molecule has 1 aromatic heterocycles. The number of rotatable bonds is 6. The first-order chi connectivity index (χ1) is 10.1. The van der Waals surface area contributed by atoms with Crippen LogP contribution in [-0.4, -0.2) is 28.0 Å². The van der Waals surface area contributed by atoms with Crippen LogP contribution in [0.4, 0.5) is 5.82 Å². The highest BCUT2D eigenvalue weighted by molar-refractivity contribution is 5.55. The van der Waals surface area contributed by atoms with Gasteiger partial charge in [-0.2, -0.15) is 5.10 Å². The number of aromatic nitrogens is 2. The molecule has 0 spiro atoms. The number of para-hydroxylation sites is 1. The van der Waals surface area contributed by atoms with Gasteiger partial charge in [-0.15, -0.1) is 0 Å². The average molecular weight is 287 g/mol. The zero-order valence-corrected chi connectivity index (χ0v) is 13.4. The number of anilines is 1. The molecule has 114 valence electrons. The Morgan fingerprint density at radius 3 is 2.33 bits per heavy atom. The predicted molar refractivity (Wildman–Crippen MR) is 87.0 cm³/mol. The van der Waals surface area contributed by atoms with Crippen molar-refractivity contribution in [3.63, 3.8) is 0 Å². The Hall–Kier alpha value is -1.81. The number of hydrogen-bond acceptors (Lipinski definition) is 3. The summed E-state index contributed by atoms with van der Waals surface area (Å²) in [6.07, 6.45) is 2.13. The maximum atomic E-state index is 9.76. The fourth-order valence-corrected chi connectivity index (χ4v) is 2.85. The molecule has 4 heteroatoms. The minimum Gasteiger partial charge on any atom is -0.391 e. The molecule has 0 unspecified atom stereocenters. The van der Waals surface area contributed by atoms with Gasteiger partial charge in [-0.05, 0) is 31.9 Å². The molecule has 0 radical (unpaired) electrons. The van der Waals surface area contributed by atoms with Gasteiger partial charge in [0.15, 0.2) is 0 Å². The van der Waals surface area contributed by atoms with Crippen molar-refractivity contribution in [1.82, 2.24) is 9.78 Å². The van der Waals surface area contributed by atoms with Crippen molar-refractivity contribution in [3.05, 3.63) is 41.6 Å². The van der Waals surface area contributed by atoms with Crippen LogP contribution < -0.4 is 4.90 Å². The second kappa shape index (κ2) is 6.76. The summed E-state index contributed by atoms with van der Waals surface area (Å²) in [6, 6.07) is 10.5. The molecule has 0 aliphatic rings. The summed E-state index contributed by atoms with van der Waals surface area (Å²) < 4.78 is 1.94. The van der Waals surface area contributed by atoms with Gasteiger partial charge in [0.05, 0.1) is 18.0 Å². The number of aliphatic hydroxyl groups is 1. The van der Waals surface area contributed by atoms with Crippen molar-refractivity contribution in [2.24, 2.45) is 0 Å². The first-order valence-corrected chi connectivity index (χ1v) is 7.61. The summed E-state index contributed by atoms with van der Waals surface area (Å²) in [6.45, 7) is 6.35. The van der Waals surface area contributed by atoms with Crippen LogP contribution in [-0.2, 0) is 6.61 Å². The van der Waals surface area contributed by atoms with E-state index < -0.39 is 0 Å². The van der Waals surface area contributed by atoms with Crippen LogP contribution in [0.2, 0.25) is 0 Å². The van der Waals surface area contributed by atoms with E-state index >= 15 is 0 Å². The van der Waals surface area contributed by atoms with Crippen LogP contribution in [0, 0.1) is 6.92 Å². The highest BCUT2D eigenvalue weighted by atomic mass is 16.3. The summed E-state index contributed by atoms with van der Waals surface area (Å²) in [4.78, 5) is 2.25. The molecule has 2 aromatic rings. The molecule has 1 N–H and O–H groups in total. The van der Waals surface area contributed by atoms with E-state index in [0.29, 0.717) is 6.04 Å². The predicted octanol–water partition coefficient (Wildman–Crippen LogP) is 3.30. The molecule has 1 heterocycles. The molecule has 4 nitrogen and oxygen atoms in total. The lowest BCUT2D eigenvalue weighted by atomic mass is 10.1. The molecule has 0 aliphatic carbocycles. The molecular formula is C17H25N3O. The molecule has 0 atom stereocenters. The van der Waals surface area contributed by atoms with Gasteiger partial charge in [0.2, 0.25) is 0 Å². The SMILES string of the molecule is CCC(CC)N(C)c1c(CO)c(C)nn1-c1ccccc1. The lowest BCUT2D eigenvalue weighted by molar-refractivity contribution is 0.281. The van der Waals surface area contributed by atoms with Gasteiger partial charge in [0.25, 0.3) is 0 Å². The molecule has 0 bridgehead atoms. The first kappa shape index (κ1) is 15.6. The molecule has 0 aliphatic heterocycles. The van der Waals surface area contributed by atoms with Crippen molar-refractivity contribution in [1.29, 1.82) is 0 Å². The Bertz CT molecular complexity index is 573. The van der Waals surface area contributed by atoms with Gasteiger partial charge < -0.3 is 10.0 Å². The Labute approximate surface area is 127 Å².